The van der Waals surface area contributed by atoms with Crippen LogP contribution in [0.1, 0.15) is 24.2 Å². The van der Waals surface area contributed by atoms with Crippen LogP contribution in [0.3, 0.4) is 0 Å². The Labute approximate surface area is 160 Å². The number of carbonyl (C=O) groups is 1. The molecule has 1 aromatic carbocycles. The Hall–Kier alpha value is -3.00. The van der Waals surface area contributed by atoms with E-state index in [9.17, 15) is 14.0 Å². The number of nitrogens with zero attached hydrogens (tertiary/aromatic N) is 3. The third kappa shape index (κ3) is 2.90. The number of benzene rings is 1. The normalized spacial score (nSPS) is 14.5. The first-order valence-corrected chi connectivity index (χ1v) is 9.28. The van der Waals surface area contributed by atoms with E-state index in [4.69, 9.17) is 10.5 Å². The lowest BCUT2D eigenvalue weighted by molar-refractivity contribution is 0.0524. The van der Waals surface area contributed by atoms with E-state index < -0.39 is 17.2 Å². The minimum absolute atomic E-state index is 0.0474. The van der Waals surface area contributed by atoms with Gasteiger partial charge >= 0.3 is 5.97 Å². The molecular weight excluding hydrogens is 363 g/mol. The van der Waals surface area contributed by atoms with E-state index in [1.807, 2.05) is 11.8 Å². The summed E-state index contributed by atoms with van der Waals surface area (Å²) < 4.78 is 21.3. The summed E-state index contributed by atoms with van der Waals surface area (Å²) in [6.07, 6.45) is 1.47. The zero-order chi connectivity index (χ0) is 20.0. The summed E-state index contributed by atoms with van der Waals surface area (Å²) in [5, 5.41) is 0.761. The van der Waals surface area contributed by atoms with E-state index in [-0.39, 0.29) is 23.6 Å². The van der Waals surface area contributed by atoms with Gasteiger partial charge in [0.25, 0.3) is 0 Å². The number of ether oxygens (including phenoxy) is 1. The lowest BCUT2D eigenvalue weighted by Crippen LogP contribution is -2.56. The third-order valence-electron chi connectivity index (χ3n) is 5.00. The van der Waals surface area contributed by atoms with Crippen molar-refractivity contribution < 1.29 is 13.9 Å². The van der Waals surface area contributed by atoms with Crippen molar-refractivity contribution in [2.24, 2.45) is 5.73 Å². The van der Waals surface area contributed by atoms with E-state index in [0.29, 0.717) is 41.9 Å². The Kier molecular flexibility index (Phi) is 4.50. The fraction of sp³-hybridized carbons (Fsp3) is 0.350. The molecule has 1 saturated heterocycles. The summed E-state index contributed by atoms with van der Waals surface area (Å²) in [4.78, 5) is 31.5. The molecule has 0 radical (unpaired) electrons. The highest BCUT2D eigenvalue weighted by atomic mass is 19.1. The summed E-state index contributed by atoms with van der Waals surface area (Å²) in [7, 11) is 0. The Bertz CT molecular complexity index is 1150. The number of hydrogen-bond acceptors (Lipinski definition) is 6. The molecule has 1 aliphatic heterocycles. The number of hydrogen-bond donors (Lipinski definition) is 1. The van der Waals surface area contributed by atoms with Crippen LogP contribution in [0.2, 0.25) is 0 Å². The highest BCUT2D eigenvalue weighted by Gasteiger charge is 2.26. The second kappa shape index (κ2) is 6.87. The Morgan fingerprint density at radius 1 is 1.32 bits per heavy atom. The summed E-state index contributed by atoms with van der Waals surface area (Å²) in [5.41, 5.74) is 6.77. The molecular formula is C20H21FN4O3. The molecule has 28 heavy (non-hydrogen) atoms. The Morgan fingerprint density at radius 2 is 2.07 bits per heavy atom. The molecule has 0 spiro atoms. The smallest absolute Gasteiger partial charge is 0.343 e. The number of halogens is 1. The molecule has 2 N–H and O–H groups in total. The van der Waals surface area contributed by atoms with Gasteiger partial charge in [0.1, 0.15) is 17.0 Å². The number of nitrogens with two attached hydrogens (primary N) is 1. The lowest BCUT2D eigenvalue weighted by atomic mass is 10.1. The van der Waals surface area contributed by atoms with Gasteiger partial charge in [-0.25, -0.2) is 14.2 Å². The van der Waals surface area contributed by atoms with E-state index in [0.717, 1.165) is 0 Å². The SMILES string of the molecule is CCOC(=O)c1cn(CC)c2nc3cc(N4CC(N)C4)c(F)cc3cc2c1=O. The molecule has 146 valence electrons. The van der Waals surface area contributed by atoms with Crippen LogP contribution in [0, 0.1) is 5.82 Å². The van der Waals surface area contributed by atoms with Gasteiger partial charge in [-0.2, -0.15) is 0 Å². The number of anilines is 1. The van der Waals surface area contributed by atoms with Crippen molar-refractivity contribution in [3.63, 3.8) is 0 Å². The number of pyridine rings is 2. The van der Waals surface area contributed by atoms with Crippen LogP contribution < -0.4 is 16.1 Å². The van der Waals surface area contributed by atoms with Crippen molar-refractivity contribution in [1.29, 1.82) is 0 Å². The minimum atomic E-state index is -0.674. The predicted octanol–water partition coefficient (Wildman–Crippen LogP) is 2.03. The third-order valence-corrected chi connectivity index (χ3v) is 5.00. The van der Waals surface area contributed by atoms with Crippen LogP contribution in [-0.2, 0) is 11.3 Å². The molecule has 1 aliphatic rings. The van der Waals surface area contributed by atoms with Gasteiger partial charge in [0.05, 0.1) is 23.2 Å². The number of rotatable bonds is 4. The van der Waals surface area contributed by atoms with Crippen molar-refractivity contribution in [2.75, 3.05) is 24.6 Å². The highest BCUT2D eigenvalue weighted by Crippen LogP contribution is 2.29. The monoisotopic (exact) mass is 384 g/mol. The molecule has 4 rings (SSSR count). The molecule has 0 bridgehead atoms. The fourth-order valence-electron chi connectivity index (χ4n) is 3.53. The zero-order valence-corrected chi connectivity index (χ0v) is 15.7. The molecule has 3 heterocycles. The van der Waals surface area contributed by atoms with E-state index in [2.05, 4.69) is 4.98 Å². The maximum atomic E-state index is 14.6. The number of esters is 1. The first-order chi connectivity index (χ1) is 13.4. The zero-order valence-electron chi connectivity index (χ0n) is 15.7. The lowest BCUT2D eigenvalue weighted by Gasteiger charge is -2.39. The number of aryl methyl sites for hydroxylation is 1. The van der Waals surface area contributed by atoms with E-state index in [1.54, 1.807) is 23.6 Å². The predicted molar refractivity (Wildman–Crippen MR) is 105 cm³/mol. The maximum absolute atomic E-state index is 14.6. The molecule has 2 aromatic heterocycles. The molecule has 7 nitrogen and oxygen atoms in total. The van der Waals surface area contributed by atoms with Gasteiger partial charge in [-0.15, -0.1) is 0 Å². The molecule has 8 heteroatoms. The summed E-state index contributed by atoms with van der Waals surface area (Å²) in [6, 6.07) is 4.68. The summed E-state index contributed by atoms with van der Waals surface area (Å²) >= 11 is 0. The van der Waals surface area contributed by atoms with Crippen molar-refractivity contribution in [3.8, 4) is 0 Å². The van der Waals surface area contributed by atoms with Crippen LogP contribution in [0.25, 0.3) is 21.9 Å². The second-order valence-electron chi connectivity index (χ2n) is 6.90. The van der Waals surface area contributed by atoms with E-state index >= 15 is 0 Å². The largest absolute Gasteiger partial charge is 0.462 e. The molecule has 0 atom stereocenters. The molecule has 0 aliphatic carbocycles. The Morgan fingerprint density at radius 3 is 2.71 bits per heavy atom. The van der Waals surface area contributed by atoms with Crippen LogP contribution >= 0.6 is 0 Å². The standard InChI is InChI=1S/C20H21FN4O3/c1-3-24-10-14(20(27)28-4-2)18(26)13-5-11-6-15(21)17(25-8-12(22)9-25)7-16(11)23-19(13)24/h5-7,10,12H,3-4,8-9,22H2,1-2H3. The topological polar surface area (TPSA) is 90.5 Å². The molecule has 0 amide bonds. The van der Waals surface area contributed by atoms with Gasteiger partial charge in [-0.05, 0) is 32.0 Å². The molecule has 1 fully saturated rings. The average Bonchev–Trinajstić information content (AvgIpc) is 2.64. The average molecular weight is 384 g/mol. The van der Waals surface area contributed by atoms with Gasteiger partial charge in [0.15, 0.2) is 0 Å². The van der Waals surface area contributed by atoms with Crippen LogP contribution in [0.4, 0.5) is 10.1 Å². The van der Waals surface area contributed by atoms with E-state index in [1.165, 1.54) is 12.3 Å². The van der Waals surface area contributed by atoms with Crippen molar-refractivity contribution in [1.82, 2.24) is 9.55 Å². The summed E-state index contributed by atoms with van der Waals surface area (Å²) in [6.45, 7) is 5.44. The van der Waals surface area contributed by atoms with Gasteiger partial charge in [-0.3, -0.25) is 4.79 Å². The number of aromatic nitrogens is 2. The maximum Gasteiger partial charge on any atom is 0.343 e. The van der Waals surface area contributed by atoms with Gasteiger partial charge < -0.3 is 19.9 Å². The van der Waals surface area contributed by atoms with Gasteiger partial charge in [0, 0.05) is 37.3 Å². The molecule has 3 aromatic rings. The van der Waals surface area contributed by atoms with Crippen LogP contribution in [0.5, 0.6) is 0 Å². The van der Waals surface area contributed by atoms with Crippen molar-refractivity contribution in [2.45, 2.75) is 26.4 Å². The van der Waals surface area contributed by atoms with Crippen LogP contribution in [0.15, 0.2) is 29.2 Å². The summed E-state index contributed by atoms with van der Waals surface area (Å²) in [5.74, 6) is -1.06. The molecule has 0 unspecified atom stereocenters. The second-order valence-corrected chi connectivity index (χ2v) is 6.90. The quantitative estimate of drug-likeness (QED) is 0.547. The molecule has 0 saturated carbocycles. The first-order valence-electron chi connectivity index (χ1n) is 9.28. The van der Waals surface area contributed by atoms with Crippen molar-refractivity contribution >= 4 is 33.6 Å². The number of fused-ring (bicyclic) bond motifs is 2. The number of carbonyl (C=O) groups excluding carboxylic acids is 1. The van der Waals surface area contributed by atoms with Gasteiger partial charge in [0.2, 0.25) is 5.43 Å². The van der Waals surface area contributed by atoms with Crippen LogP contribution in [-0.4, -0.2) is 41.3 Å². The Balaban J connectivity index is 1.94. The first kappa shape index (κ1) is 18.4. The highest BCUT2D eigenvalue weighted by molar-refractivity contribution is 5.97. The fourth-order valence-corrected chi connectivity index (χ4v) is 3.53. The van der Waals surface area contributed by atoms with Gasteiger partial charge in [-0.1, -0.05) is 0 Å². The van der Waals surface area contributed by atoms with Crippen molar-refractivity contribution in [3.05, 3.63) is 46.0 Å². The minimum Gasteiger partial charge on any atom is -0.462 e.